The van der Waals surface area contributed by atoms with Crippen molar-refractivity contribution in [2.75, 3.05) is 0 Å². The summed E-state index contributed by atoms with van der Waals surface area (Å²) in [4.78, 5) is 0. The van der Waals surface area contributed by atoms with Crippen molar-refractivity contribution < 1.29 is 86.8 Å². The first kappa shape index (κ1) is 51.2. The number of hydrogen-bond acceptors (Lipinski definition) is 2. The van der Waals surface area contributed by atoms with Crippen LogP contribution in [-0.2, 0) is 47.2 Å². The Bertz CT molecular complexity index is 1440. The molecule has 0 fully saturated rings. The van der Waals surface area contributed by atoms with Crippen LogP contribution in [0.1, 0.15) is 22.8 Å². The van der Waals surface area contributed by atoms with Gasteiger partial charge in [-0.2, -0.15) is 75.0 Å². The molecular formula is C32H33Cu2F12N4. The number of allylic oxidation sites excluding steroid dienone is 8. The van der Waals surface area contributed by atoms with Crippen LogP contribution in [0.5, 0.6) is 0 Å². The summed E-state index contributed by atoms with van der Waals surface area (Å²) in [6.07, 6.45) is -15.3. The van der Waals surface area contributed by atoms with Gasteiger partial charge in [0.25, 0.3) is 0 Å². The minimum Gasteiger partial charge on any atom is -0.358 e. The van der Waals surface area contributed by atoms with Gasteiger partial charge < -0.3 is 7.43 Å². The number of halogens is 12. The minimum atomic E-state index is -4.85. The number of rotatable bonds is 4. The van der Waals surface area contributed by atoms with Gasteiger partial charge in [-0.3, -0.25) is 21.5 Å². The fourth-order valence-corrected chi connectivity index (χ4v) is 4.37. The van der Waals surface area contributed by atoms with E-state index in [2.05, 4.69) is 42.2 Å². The van der Waals surface area contributed by atoms with Crippen LogP contribution in [0.3, 0.4) is 0 Å². The molecule has 2 atom stereocenters. The maximum atomic E-state index is 12.9. The van der Waals surface area contributed by atoms with E-state index in [0.717, 1.165) is 0 Å². The normalized spacial score (nSPS) is 16.8. The van der Waals surface area contributed by atoms with Gasteiger partial charge in [0.2, 0.25) is 0 Å². The summed E-state index contributed by atoms with van der Waals surface area (Å²) in [5.41, 5.74) is -0.689. The molecule has 4 nitrogen and oxygen atoms in total. The third-order valence-corrected chi connectivity index (χ3v) is 6.19. The summed E-state index contributed by atoms with van der Waals surface area (Å²) < 4.78 is 155. The van der Waals surface area contributed by atoms with Gasteiger partial charge in [-0.25, -0.2) is 0 Å². The Labute approximate surface area is 304 Å². The first-order valence-corrected chi connectivity index (χ1v) is 13.2. The summed E-state index contributed by atoms with van der Waals surface area (Å²) in [6.45, 7) is 18.1. The van der Waals surface area contributed by atoms with E-state index in [1.165, 1.54) is 9.36 Å². The van der Waals surface area contributed by atoms with Gasteiger partial charge in [-0.15, -0.1) is 30.0 Å². The van der Waals surface area contributed by atoms with Crippen LogP contribution >= 0.6 is 0 Å². The molecule has 0 saturated carbocycles. The van der Waals surface area contributed by atoms with Crippen LogP contribution in [0, 0.1) is 59.1 Å². The molecule has 50 heavy (non-hydrogen) atoms. The second kappa shape index (κ2) is 20.0. The average molecular weight is 829 g/mol. The molecule has 0 aromatic carbocycles. The SMILES string of the molecule is C=C.C=C=C.Cc1cc(C)n(C[C@@H]2[C-]=C(C(F)(F)F)C=C2C(F)(F)F)n1.Cc1cc(C)n(C[C@@H]2[C-]=C(C(F)(F)F)C=C2C(F)(F)F)n1.[CH3-].[Cu+2].[Cu+]. The fourth-order valence-electron chi connectivity index (χ4n) is 4.37. The molecule has 2 aromatic heterocycles. The molecule has 0 aliphatic heterocycles. The van der Waals surface area contributed by atoms with Crippen LogP contribution in [0.25, 0.3) is 0 Å². The van der Waals surface area contributed by atoms with Crippen molar-refractivity contribution in [3.05, 3.63) is 121 Å². The third kappa shape index (κ3) is 14.6. The van der Waals surface area contributed by atoms with Crippen LogP contribution in [-0.4, -0.2) is 44.3 Å². The van der Waals surface area contributed by atoms with Crippen LogP contribution in [0.2, 0.25) is 0 Å². The van der Waals surface area contributed by atoms with Crippen LogP contribution < -0.4 is 0 Å². The second-order valence-electron chi connectivity index (χ2n) is 9.88. The van der Waals surface area contributed by atoms with E-state index in [0.29, 0.717) is 22.8 Å². The number of hydrogen-bond donors (Lipinski definition) is 0. The predicted octanol–water partition coefficient (Wildman–Crippen LogP) is 10.0. The molecular weight excluding hydrogens is 795 g/mol. The zero-order valence-corrected chi connectivity index (χ0v) is 29.0. The number of nitrogens with zero attached hydrogens (tertiary/aromatic N) is 4. The maximum Gasteiger partial charge on any atom is 2.00 e. The molecule has 0 spiro atoms. The molecule has 2 aromatic rings. The molecule has 0 N–H and O–H groups in total. The first-order valence-electron chi connectivity index (χ1n) is 13.2. The molecule has 2 heterocycles. The summed E-state index contributed by atoms with van der Waals surface area (Å²) in [5, 5.41) is 7.94. The second-order valence-corrected chi connectivity index (χ2v) is 9.88. The summed E-state index contributed by atoms with van der Waals surface area (Å²) in [5.74, 6) is -3.03. The van der Waals surface area contributed by atoms with Gasteiger partial charge in [0.15, 0.2) is 0 Å². The van der Waals surface area contributed by atoms with Gasteiger partial charge in [-0.05, 0) is 39.8 Å². The van der Waals surface area contributed by atoms with Crippen LogP contribution in [0.4, 0.5) is 52.7 Å². The van der Waals surface area contributed by atoms with Gasteiger partial charge in [0.05, 0.1) is 11.4 Å². The van der Waals surface area contributed by atoms with Crippen LogP contribution in [0.15, 0.2) is 78.6 Å². The Kier molecular flexibility index (Phi) is 20.5. The van der Waals surface area contributed by atoms with Crippen molar-refractivity contribution in [2.45, 2.75) is 65.5 Å². The zero-order chi connectivity index (χ0) is 36.7. The Morgan fingerprint density at radius 2 is 0.900 bits per heavy atom. The Morgan fingerprint density at radius 3 is 1.08 bits per heavy atom. The van der Waals surface area contributed by atoms with E-state index < -0.39 is 58.8 Å². The summed E-state index contributed by atoms with van der Waals surface area (Å²) in [7, 11) is 0. The van der Waals surface area contributed by atoms with Gasteiger partial charge in [0, 0.05) is 24.5 Å². The summed E-state index contributed by atoms with van der Waals surface area (Å²) in [6, 6.07) is 3.28. The quantitative estimate of drug-likeness (QED) is 0.101. The molecule has 287 valence electrons. The van der Waals surface area contributed by atoms with E-state index in [9.17, 15) is 52.7 Å². The topological polar surface area (TPSA) is 35.6 Å². The Hall–Kier alpha value is -3.16. The molecule has 0 unspecified atom stereocenters. The number of aryl methyl sites for hydroxylation is 4. The number of aromatic nitrogens is 4. The average Bonchev–Trinajstić information content (AvgIpc) is 3.67. The van der Waals surface area contributed by atoms with E-state index in [4.69, 9.17) is 0 Å². The predicted molar refractivity (Wildman–Crippen MR) is 157 cm³/mol. The Balaban J connectivity index is -0.000000743. The van der Waals surface area contributed by atoms with Crippen molar-refractivity contribution in [2.24, 2.45) is 11.8 Å². The molecule has 4 rings (SSSR count). The molecule has 0 saturated heterocycles. The molecule has 1 radical (unpaired) electrons. The van der Waals surface area contributed by atoms with E-state index in [1.807, 2.05) is 12.2 Å². The molecule has 0 bridgehead atoms. The van der Waals surface area contributed by atoms with Crippen molar-refractivity contribution in [1.82, 2.24) is 19.6 Å². The molecule has 2 aliphatic carbocycles. The smallest absolute Gasteiger partial charge is 0.358 e. The fraction of sp³-hybridized carbons (Fsp3) is 0.375. The monoisotopic (exact) mass is 827 g/mol. The van der Waals surface area contributed by atoms with E-state index >= 15 is 0 Å². The maximum absolute atomic E-state index is 12.9. The molecule has 18 heteroatoms. The molecule has 2 aliphatic rings. The molecule has 0 amide bonds. The number of alkyl halides is 12. The minimum absolute atomic E-state index is 0. The summed E-state index contributed by atoms with van der Waals surface area (Å²) >= 11 is 0. The van der Waals surface area contributed by atoms with Crippen molar-refractivity contribution in [3.63, 3.8) is 0 Å². The first-order chi connectivity index (χ1) is 21.4. The van der Waals surface area contributed by atoms with Gasteiger partial charge in [0.1, 0.15) is 0 Å². The zero-order valence-electron chi connectivity index (χ0n) is 27.1. The third-order valence-electron chi connectivity index (χ3n) is 6.19. The standard InChI is InChI=1S/2C13H11F6N2.C3H4.C2H4.CH3.2Cu/c2*1-7-3-8(2)21(20-7)6-9-4-10(12(14,15)16)5-11(9)13(17,18)19;1-3-2;1-2;;;/h2*3,5,9H,6H2,1-2H3;1-2H2;1-2H2;1H3;;/q2*-1;;;-1;+1;+2/t2*9-;;;;;/m00...../s1. The Morgan fingerprint density at radius 1 is 0.640 bits per heavy atom. The van der Waals surface area contributed by atoms with Crippen molar-refractivity contribution in [1.29, 1.82) is 0 Å². The largest absolute Gasteiger partial charge is 2.00 e. The van der Waals surface area contributed by atoms with E-state index in [-0.39, 0.29) is 66.8 Å². The van der Waals surface area contributed by atoms with Crippen molar-refractivity contribution in [3.8, 4) is 0 Å². The van der Waals surface area contributed by atoms with E-state index in [1.54, 1.807) is 39.8 Å². The van der Waals surface area contributed by atoms with Crippen molar-refractivity contribution >= 4 is 0 Å². The van der Waals surface area contributed by atoms with Gasteiger partial charge in [-0.1, -0.05) is 36.1 Å². The van der Waals surface area contributed by atoms with Gasteiger partial charge >= 0.3 is 58.8 Å².